The minimum atomic E-state index is 0. The van der Waals surface area contributed by atoms with Crippen LogP contribution in [0.4, 0.5) is 0 Å². The SMILES string of the molecule is CCN1CCC(CCNC(=NC)N2CCC(Cc3ccccc3)C2)CC1.I. The summed E-state index contributed by atoms with van der Waals surface area (Å²) in [5.41, 5.74) is 1.46. The van der Waals surface area contributed by atoms with Gasteiger partial charge in [-0.2, -0.15) is 0 Å². The van der Waals surface area contributed by atoms with Gasteiger partial charge in [0, 0.05) is 26.7 Å². The van der Waals surface area contributed by atoms with Crippen molar-refractivity contribution in [2.45, 2.75) is 39.0 Å². The van der Waals surface area contributed by atoms with E-state index in [1.165, 1.54) is 57.3 Å². The molecule has 152 valence electrons. The number of hydrogen-bond donors (Lipinski definition) is 1. The maximum absolute atomic E-state index is 4.54. The van der Waals surface area contributed by atoms with Gasteiger partial charge in [0.1, 0.15) is 0 Å². The lowest BCUT2D eigenvalue weighted by Gasteiger charge is -2.31. The Bertz CT molecular complexity index is 555. The average molecular weight is 484 g/mol. The highest BCUT2D eigenvalue weighted by Crippen LogP contribution is 2.22. The zero-order valence-electron chi connectivity index (χ0n) is 17.1. The van der Waals surface area contributed by atoms with Crippen LogP contribution in [0.1, 0.15) is 38.2 Å². The number of hydrogen-bond acceptors (Lipinski definition) is 2. The van der Waals surface area contributed by atoms with Gasteiger partial charge < -0.3 is 15.1 Å². The van der Waals surface area contributed by atoms with E-state index in [9.17, 15) is 0 Å². The van der Waals surface area contributed by atoms with Gasteiger partial charge in [0.05, 0.1) is 0 Å². The molecule has 0 radical (unpaired) electrons. The monoisotopic (exact) mass is 484 g/mol. The second-order valence-corrected chi connectivity index (χ2v) is 7.93. The van der Waals surface area contributed by atoms with Crippen LogP contribution in [0.5, 0.6) is 0 Å². The fraction of sp³-hybridized carbons (Fsp3) is 0.682. The molecule has 0 spiro atoms. The topological polar surface area (TPSA) is 30.9 Å². The van der Waals surface area contributed by atoms with Gasteiger partial charge in [-0.1, -0.05) is 37.3 Å². The molecular weight excluding hydrogens is 447 g/mol. The third-order valence-corrected chi connectivity index (χ3v) is 6.15. The number of likely N-dealkylation sites (tertiary alicyclic amines) is 2. The van der Waals surface area contributed by atoms with Crippen LogP contribution in [0.15, 0.2) is 35.3 Å². The summed E-state index contributed by atoms with van der Waals surface area (Å²) in [6.45, 7) is 9.36. The molecule has 1 atom stereocenters. The minimum Gasteiger partial charge on any atom is -0.356 e. The second kappa shape index (κ2) is 11.9. The first-order valence-electron chi connectivity index (χ1n) is 10.5. The Morgan fingerprint density at radius 3 is 2.44 bits per heavy atom. The van der Waals surface area contributed by atoms with E-state index in [0.717, 1.165) is 37.4 Å². The first-order chi connectivity index (χ1) is 12.8. The van der Waals surface area contributed by atoms with Gasteiger partial charge in [-0.05, 0) is 69.1 Å². The Hall–Kier alpha value is -0.820. The molecule has 3 rings (SSSR count). The van der Waals surface area contributed by atoms with Gasteiger partial charge >= 0.3 is 0 Å². The van der Waals surface area contributed by atoms with Gasteiger partial charge in [-0.3, -0.25) is 4.99 Å². The first-order valence-corrected chi connectivity index (χ1v) is 10.5. The van der Waals surface area contributed by atoms with Crippen molar-refractivity contribution in [1.82, 2.24) is 15.1 Å². The molecule has 0 amide bonds. The third kappa shape index (κ3) is 6.93. The van der Waals surface area contributed by atoms with E-state index in [0.29, 0.717) is 0 Å². The molecule has 2 fully saturated rings. The highest BCUT2D eigenvalue weighted by molar-refractivity contribution is 14.0. The van der Waals surface area contributed by atoms with Crippen molar-refractivity contribution in [3.05, 3.63) is 35.9 Å². The van der Waals surface area contributed by atoms with Crippen LogP contribution in [0.3, 0.4) is 0 Å². The molecule has 2 saturated heterocycles. The summed E-state index contributed by atoms with van der Waals surface area (Å²) in [4.78, 5) is 9.56. The Morgan fingerprint density at radius 2 is 1.78 bits per heavy atom. The number of rotatable bonds is 6. The molecule has 0 bridgehead atoms. The molecule has 1 aromatic carbocycles. The molecule has 1 aromatic rings. The average Bonchev–Trinajstić information content (AvgIpc) is 3.15. The van der Waals surface area contributed by atoms with Crippen LogP contribution < -0.4 is 5.32 Å². The van der Waals surface area contributed by atoms with Crippen molar-refractivity contribution in [1.29, 1.82) is 0 Å². The van der Waals surface area contributed by atoms with E-state index in [1.54, 1.807) is 0 Å². The van der Waals surface area contributed by atoms with Gasteiger partial charge in [0.2, 0.25) is 0 Å². The quantitative estimate of drug-likeness (QED) is 0.378. The van der Waals surface area contributed by atoms with Gasteiger partial charge in [0.15, 0.2) is 5.96 Å². The molecule has 0 aliphatic carbocycles. The maximum Gasteiger partial charge on any atom is 0.193 e. The fourth-order valence-electron chi connectivity index (χ4n) is 4.45. The second-order valence-electron chi connectivity index (χ2n) is 7.93. The number of aliphatic imine (C=N–C) groups is 1. The molecule has 2 aliphatic heterocycles. The van der Waals surface area contributed by atoms with Crippen molar-refractivity contribution in [3.8, 4) is 0 Å². The molecule has 5 heteroatoms. The molecule has 27 heavy (non-hydrogen) atoms. The predicted molar refractivity (Wildman–Crippen MR) is 126 cm³/mol. The van der Waals surface area contributed by atoms with Crippen molar-refractivity contribution in [3.63, 3.8) is 0 Å². The van der Waals surface area contributed by atoms with Crippen LogP contribution in [0.2, 0.25) is 0 Å². The highest BCUT2D eigenvalue weighted by Gasteiger charge is 2.25. The van der Waals surface area contributed by atoms with Crippen LogP contribution in [-0.4, -0.2) is 62.1 Å². The van der Waals surface area contributed by atoms with Crippen molar-refractivity contribution >= 4 is 29.9 Å². The van der Waals surface area contributed by atoms with E-state index in [1.807, 2.05) is 7.05 Å². The minimum absolute atomic E-state index is 0. The van der Waals surface area contributed by atoms with Crippen molar-refractivity contribution in [2.75, 3.05) is 46.3 Å². The third-order valence-electron chi connectivity index (χ3n) is 6.15. The maximum atomic E-state index is 4.54. The summed E-state index contributed by atoms with van der Waals surface area (Å²) in [6.07, 6.45) is 6.45. The Kier molecular flexibility index (Phi) is 9.90. The summed E-state index contributed by atoms with van der Waals surface area (Å²) in [5.74, 6) is 2.73. The van der Waals surface area contributed by atoms with E-state index < -0.39 is 0 Å². The summed E-state index contributed by atoms with van der Waals surface area (Å²) in [5, 5.41) is 3.63. The number of guanidine groups is 1. The van der Waals surface area contributed by atoms with Crippen LogP contribution in [0.25, 0.3) is 0 Å². The predicted octanol–water partition coefficient (Wildman–Crippen LogP) is 3.87. The summed E-state index contributed by atoms with van der Waals surface area (Å²) >= 11 is 0. The fourth-order valence-corrected chi connectivity index (χ4v) is 4.45. The molecule has 0 saturated carbocycles. The smallest absolute Gasteiger partial charge is 0.193 e. The Labute approximate surface area is 182 Å². The molecule has 4 nitrogen and oxygen atoms in total. The highest BCUT2D eigenvalue weighted by atomic mass is 127. The zero-order valence-corrected chi connectivity index (χ0v) is 19.4. The largest absolute Gasteiger partial charge is 0.356 e. The first kappa shape index (κ1) is 22.5. The molecule has 1 unspecified atom stereocenters. The summed E-state index contributed by atoms with van der Waals surface area (Å²) < 4.78 is 0. The normalized spacial score (nSPS) is 21.9. The molecule has 2 aliphatic rings. The summed E-state index contributed by atoms with van der Waals surface area (Å²) in [7, 11) is 1.92. The number of halogens is 1. The number of benzene rings is 1. The summed E-state index contributed by atoms with van der Waals surface area (Å²) in [6, 6.07) is 10.9. The molecule has 0 aromatic heterocycles. The Morgan fingerprint density at radius 1 is 1.07 bits per heavy atom. The zero-order chi connectivity index (χ0) is 18.2. The van der Waals surface area contributed by atoms with Crippen LogP contribution >= 0.6 is 24.0 Å². The number of nitrogens with one attached hydrogen (secondary N) is 1. The van der Waals surface area contributed by atoms with Crippen LogP contribution in [-0.2, 0) is 6.42 Å². The lowest BCUT2D eigenvalue weighted by molar-refractivity contribution is 0.187. The lowest BCUT2D eigenvalue weighted by atomic mass is 9.93. The number of piperidine rings is 1. The number of nitrogens with zero attached hydrogens (tertiary/aromatic N) is 3. The van der Waals surface area contributed by atoms with E-state index in [2.05, 4.69) is 57.4 Å². The van der Waals surface area contributed by atoms with Gasteiger partial charge in [-0.15, -0.1) is 24.0 Å². The standard InChI is InChI=1S/C22H36N4.HI/c1-3-25-14-10-19(11-15-25)9-13-24-22(23-2)26-16-12-21(18-26)17-20-7-5-4-6-8-20;/h4-8,19,21H,3,9-18H2,1-2H3,(H,23,24);1H. The molecular formula is C22H37IN4. The molecule has 2 heterocycles. The van der Waals surface area contributed by atoms with Gasteiger partial charge in [0.25, 0.3) is 0 Å². The van der Waals surface area contributed by atoms with Crippen molar-refractivity contribution < 1.29 is 0 Å². The molecule has 1 N–H and O–H groups in total. The van der Waals surface area contributed by atoms with E-state index >= 15 is 0 Å². The van der Waals surface area contributed by atoms with Crippen LogP contribution in [0, 0.1) is 11.8 Å². The lowest BCUT2D eigenvalue weighted by Crippen LogP contribution is -2.41. The Balaban J connectivity index is 0.00000261. The van der Waals surface area contributed by atoms with Crippen molar-refractivity contribution in [2.24, 2.45) is 16.8 Å². The van der Waals surface area contributed by atoms with Gasteiger partial charge in [-0.25, -0.2) is 0 Å². The van der Waals surface area contributed by atoms with E-state index in [-0.39, 0.29) is 24.0 Å². The van der Waals surface area contributed by atoms with E-state index in [4.69, 9.17) is 0 Å².